The molecule has 1 aliphatic heterocycles. The van der Waals surface area contributed by atoms with Gasteiger partial charge in [-0.05, 0) is 50.8 Å². The topological polar surface area (TPSA) is 61.4 Å². The van der Waals surface area contributed by atoms with E-state index in [1.165, 1.54) is 19.3 Å². The summed E-state index contributed by atoms with van der Waals surface area (Å²) in [6.45, 7) is 3.85. The van der Waals surface area contributed by atoms with Crippen molar-refractivity contribution in [2.45, 2.75) is 70.5 Å². The van der Waals surface area contributed by atoms with E-state index in [-0.39, 0.29) is 23.8 Å². The van der Waals surface area contributed by atoms with Crippen LogP contribution in [0.3, 0.4) is 0 Å². The molecule has 1 saturated heterocycles. The van der Waals surface area contributed by atoms with E-state index in [2.05, 4.69) is 15.5 Å². The van der Waals surface area contributed by atoms with Crippen LogP contribution in [0.25, 0.3) is 0 Å². The summed E-state index contributed by atoms with van der Waals surface area (Å²) < 4.78 is 0. The number of amides is 2. The lowest BCUT2D eigenvalue weighted by molar-refractivity contribution is -0.131. The quantitative estimate of drug-likeness (QED) is 0.761. The fraction of sp³-hybridized carbons (Fsp3) is 0.636. The summed E-state index contributed by atoms with van der Waals surface area (Å²) >= 11 is 6.16. The molecule has 154 valence electrons. The van der Waals surface area contributed by atoms with Crippen LogP contribution in [-0.4, -0.2) is 41.9 Å². The molecule has 2 aliphatic rings. The van der Waals surface area contributed by atoms with Crippen molar-refractivity contribution in [2.75, 3.05) is 13.1 Å². The first-order valence-corrected chi connectivity index (χ1v) is 11.0. The van der Waals surface area contributed by atoms with Crippen LogP contribution in [0.5, 0.6) is 0 Å². The zero-order chi connectivity index (χ0) is 19.9. The smallest absolute Gasteiger partial charge is 0.237 e. The highest BCUT2D eigenvalue weighted by molar-refractivity contribution is 6.31. The minimum Gasteiger partial charge on any atom is -0.353 e. The number of carbonyl (C=O) groups excluding carboxylic acids is 2. The van der Waals surface area contributed by atoms with E-state index in [4.69, 9.17) is 11.6 Å². The van der Waals surface area contributed by atoms with Crippen LogP contribution in [0.2, 0.25) is 5.02 Å². The fourth-order valence-electron chi connectivity index (χ4n) is 4.28. The van der Waals surface area contributed by atoms with Crippen LogP contribution in [0.15, 0.2) is 24.3 Å². The SMILES string of the molecule is CC(C(=O)NCc1ccccc1Cl)N1CCCC(C(=O)NC2CCCCC2)C1. The van der Waals surface area contributed by atoms with Gasteiger partial charge in [-0.1, -0.05) is 49.1 Å². The van der Waals surface area contributed by atoms with Crippen LogP contribution in [-0.2, 0) is 16.1 Å². The number of benzene rings is 1. The second-order valence-electron chi connectivity index (χ2n) is 8.16. The lowest BCUT2D eigenvalue weighted by Crippen LogP contribution is -2.52. The average Bonchev–Trinajstić information content (AvgIpc) is 2.73. The molecular formula is C22H32ClN3O2. The molecule has 5 nitrogen and oxygen atoms in total. The van der Waals surface area contributed by atoms with E-state index < -0.39 is 0 Å². The van der Waals surface area contributed by atoms with Gasteiger partial charge in [-0.2, -0.15) is 0 Å². The molecule has 2 unspecified atom stereocenters. The van der Waals surface area contributed by atoms with Crippen LogP contribution in [0, 0.1) is 5.92 Å². The highest BCUT2D eigenvalue weighted by Gasteiger charge is 2.31. The number of nitrogens with zero attached hydrogens (tertiary/aromatic N) is 1. The van der Waals surface area contributed by atoms with E-state index in [0.29, 0.717) is 24.2 Å². The molecule has 1 aliphatic carbocycles. The third-order valence-electron chi connectivity index (χ3n) is 6.11. The van der Waals surface area contributed by atoms with E-state index in [0.717, 1.165) is 37.8 Å². The Morgan fingerprint density at radius 1 is 1.14 bits per heavy atom. The van der Waals surface area contributed by atoms with Crippen molar-refractivity contribution in [3.63, 3.8) is 0 Å². The molecule has 1 heterocycles. The van der Waals surface area contributed by atoms with Crippen LogP contribution < -0.4 is 10.6 Å². The molecule has 2 atom stereocenters. The first-order chi connectivity index (χ1) is 13.5. The highest BCUT2D eigenvalue weighted by Crippen LogP contribution is 2.22. The minimum absolute atomic E-state index is 0.0190. The Labute approximate surface area is 173 Å². The maximum absolute atomic E-state index is 12.7. The Kier molecular flexibility index (Phi) is 7.74. The Hall–Kier alpha value is -1.59. The van der Waals surface area contributed by atoms with Gasteiger partial charge in [-0.3, -0.25) is 14.5 Å². The third kappa shape index (κ3) is 5.71. The maximum Gasteiger partial charge on any atom is 0.237 e. The van der Waals surface area contributed by atoms with Crippen molar-refractivity contribution < 1.29 is 9.59 Å². The molecule has 2 amide bonds. The van der Waals surface area contributed by atoms with Gasteiger partial charge >= 0.3 is 0 Å². The van der Waals surface area contributed by atoms with Gasteiger partial charge in [-0.25, -0.2) is 0 Å². The van der Waals surface area contributed by atoms with Crippen molar-refractivity contribution in [2.24, 2.45) is 5.92 Å². The van der Waals surface area contributed by atoms with Crippen LogP contribution in [0.1, 0.15) is 57.4 Å². The Morgan fingerprint density at radius 3 is 2.64 bits per heavy atom. The molecular weight excluding hydrogens is 374 g/mol. The first kappa shape index (κ1) is 21.1. The second kappa shape index (κ2) is 10.3. The summed E-state index contributed by atoms with van der Waals surface area (Å²) in [5, 5.41) is 6.89. The summed E-state index contributed by atoms with van der Waals surface area (Å²) in [5.74, 6) is 0.128. The number of hydrogen-bond acceptors (Lipinski definition) is 3. The number of rotatable bonds is 6. The Morgan fingerprint density at radius 2 is 1.89 bits per heavy atom. The van der Waals surface area contributed by atoms with Crippen molar-refractivity contribution in [1.29, 1.82) is 0 Å². The number of hydrogen-bond donors (Lipinski definition) is 2. The Balaban J connectivity index is 1.48. The molecule has 0 bridgehead atoms. The Bertz CT molecular complexity index is 676. The average molecular weight is 406 g/mol. The van der Waals surface area contributed by atoms with Gasteiger partial charge in [0.05, 0.1) is 12.0 Å². The molecule has 0 aromatic heterocycles. The predicted molar refractivity (Wildman–Crippen MR) is 112 cm³/mol. The molecule has 2 N–H and O–H groups in total. The zero-order valence-electron chi connectivity index (χ0n) is 16.8. The van der Waals surface area contributed by atoms with E-state index in [1.54, 1.807) is 0 Å². The molecule has 3 rings (SSSR count). The molecule has 0 spiro atoms. The lowest BCUT2D eigenvalue weighted by Gasteiger charge is -2.36. The maximum atomic E-state index is 12.7. The van der Waals surface area contributed by atoms with Crippen molar-refractivity contribution in [1.82, 2.24) is 15.5 Å². The number of carbonyl (C=O) groups is 2. The zero-order valence-corrected chi connectivity index (χ0v) is 17.5. The van der Waals surface area contributed by atoms with Gasteiger partial charge < -0.3 is 10.6 Å². The highest BCUT2D eigenvalue weighted by atomic mass is 35.5. The molecule has 6 heteroatoms. The standard InChI is InChI=1S/C22H32ClN3O2/c1-16(21(27)24-14-17-8-5-6-12-20(17)23)26-13-7-9-18(15-26)22(28)25-19-10-3-2-4-11-19/h5-6,8,12,16,18-19H,2-4,7,9-11,13-15H2,1H3,(H,24,27)(H,25,28). The van der Waals surface area contributed by atoms with Gasteiger partial charge in [0.1, 0.15) is 0 Å². The lowest BCUT2D eigenvalue weighted by atomic mass is 9.92. The van der Waals surface area contributed by atoms with Crippen molar-refractivity contribution in [3.05, 3.63) is 34.9 Å². The summed E-state index contributed by atoms with van der Waals surface area (Å²) in [7, 11) is 0. The fourth-order valence-corrected chi connectivity index (χ4v) is 4.48. The van der Waals surface area contributed by atoms with Gasteiger partial charge in [0.15, 0.2) is 0 Å². The minimum atomic E-state index is -0.257. The summed E-state index contributed by atoms with van der Waals surface area (Å²) in [6.07, 6.45) is 7.76. The molecule has 1 aromatic rings. The normalized spacial score (nSPS) is 22.4. The van der Waals surface area contributed by atoms with Gasteiger partial charge in [-0.15, -0.1) is 0 Å². The third-order valence-corrected chi connectivity index (χ3v) is 6.48. The molecule has 2 fully saturated rings. The van der Waals surface area contributed by atoms with Gasteiger partial charge in [0.25, 0.3) is 0 Å². The summed E-state index contributed by atoms with van der Waals surface area (Å²) in [5.41, 5.74) is 0.910. The number of piperidine rings is 1. The van der Waals surface area contributed by atoms with Crippen molar-refractivity contribution >= 4 is 23.4 Å². The monoisotopic (exact) mass is 405 g/mol. The summed E-state index contributed by atoms with van der Waals surface area (Å²) in [6, 6.07) is 7.62. The molecule has 1 saturated carbocycles. The van der Waals surface area contributed by atoms with E-state index in [9.17, 15) is 9.59 Å². The van der Waals surface area contributed by atoms with Gasteiger partial charge in [0, 0.05) is 24.2 Å². The van der Waals surface area contributed by atoms with E-state index in [1.807, 2.05) is 31.2 Å². The number of nitrogens with one attached hydrogen (secondary N) is 2. The van der Waals surface area contributed by atoms with Gasteiger partial charge in [0.2, 0.25) is 11.8 Å². The van der Waals surface area contributed by atoms with Crippen molar-refractivity contribution in [3.8, 4) is 0 Å². The van der Waals surface area contributed by atoms with Crippen LogP contribution in [0.4, 0.5) is 0 Å². The molecule has 28 heavy (non-hydrogen) atoms. The molecule has 1 aromatic carbocycles. The number of likely N-dealkylation sites (tertiary alicyclic amines) is 1. The predicted octanol–water partition coefficient (Wildman–Crippen LogP) is 3.51. The van der Waals surface area contributed by atoms with Crippen LogP contribution >= 0.6 is 11.6 Å². The molecule has 0 radical (unpaired) electrons. The van der Waals surface area contributed by atoms with E-state index >= 15 is 0 Å². The summed E-state index contributed by atoms with van der Waals surface area (Å²) in [4.78, 5) is 27.5. The first-order valence-electron chi connectivity index (χ1n) is 10.6. The second-order valence-corrected chi connectivity index (χ2v) is 8.57. The number of halogens is 1. The largest absolute Gasteiger partial charge is 0.353 e.